The van der Waals surface area contributed by atoms with Crippen LogP contribution >= 0.6 is 22.7 Å². The average Bonchev–Trinajstić information content (AvgIpc) is 3.83. The second-order valence-corrected chi connectivity index (χ2v) is 16.2. The van der Waals surface area contributed by atoms with Gasteiger partial charge in [-0.05, 0) is 85.0 Å². The van der Waals surface area contributed by atoms with Gasteiger partial charge in [0.15, 0.2) is 0 Å². The molecule has 0 bridgehead atoms. The van der Waals surface area contributed by atoms with E-state index in [1.54, 1.807) is 12.1 Å². The first-order valence-electron chi connectivity index (χ1n) is 18.8. The summed E-state index contributed by atoms with van der Waals surface area (Å²) in [4.78, 5) is 3.53. The molecule has 0 aliphatic heterocycles. The van der Waals surface area contributed by atoms with Crippen molar-refractivity contribution >= 4 is 46.5 Å². The molecule has 0 saturated carbocycles. The third-order valence-electron chi connectivity index (χ3n) is 10.4. The smallest absolute Gasteiger partial charge is 0.132 e. The number of nitrogens with two attached hydrogens (primary N) is 1. The van der Waals surface area contributed by atoms with Crippen molar-refractivity contribution in [3.63, 3.8) is 0 Å². The molecule has 0 aliphatic rings. The second kappa shape index (κ2) is 19.0. The number of halogens is 2. The van der Waals surface area contributed by atoms with E-state index in [0.717, 1.165) is 67.4 Å². The number of benzene rings is 3. The van der Waals surface area contributed by atoms with E-state index >= 15 is 8.78 Å². The summed E-state index contributed by atoms with van der Waals surface area (Å²) >= 11 is 8.24. The fourth-order valence-corrected chi connectivity index (χ4v) is 9.36. The predicted molar refractivity (Wildman–Crippen MR) is 221 cm³/mol. The minimum absolute atomic E-state index is 0.195. The molecule has 3 aromatic carbocycles. The number of thiophene rings is 2. The molecule has 2 aromatic heterocycles. The van der Waals surface area contributed by atoms with E-state index in [1.165, 1.54) is 74.0 Å². The molecule has 0 radical (unpaired) electrons. The summed E-state index contributed by atoms with van der Waals surface area (Å²) in [6, 6.07) is 23.2. The Kier molecular flexibility index (Phi) is 14.5. The minimum Gasteiger partial charge on any atom is -0.396 e. The van der Waals surface area contributed by atoms with Crippen molar-refractivity contribution in [1.29, 1.82) is 0 Å². The van der Waals surface area contributed by atoms with E-state index in [0.29, 0.717) is 34.3 Å². The van der Waals surface area contributed by atoms with Crippen molar-refractivity contribution in [2.75, 3.05) is 5.73 Å². The zero-order chi connectivity index (χ0) is 36.3. The topological polar surface area (TPSA) is 38.4 Å². The maximum Gasteiger partial charge on any atom is 0.132 e. The highest BCUT2D eigenvalue weighted by atomic mass is 32.1. The molecule has 0 fully saturated rings. The molecule has 0 spiro atoms. The van der Waals surface area contributed by atoms with E-state index in [4.69, 9.17) is 18.2 Å². The summed E-state index contributed by atoms with van der Waals surface area (Å²) < 4.78 is 35.0. The Bertz CT molecular complexity index is 1890. The molecule has 0 amide bonds. The summed E-state index contributed by atoms with van der Waals surface area (Å²) in [6.45, 7) is 8.97. The quantitative estimate of drug-likeness (QED) is 0.0856. The maximum atomic E-state index is 15.4. The Morgan fingerprint density at radius 3 is 1.41 bits per heavy atom. The Morgan fingerprint density at radius 1 is 0.588 bits per heavy atom. The molecule has 5 aromatic rings. The van der Waals surface area contributed by atoms with Crippen LogP contribution in [0.15, 0.2) is 77.2 Å². The van der Waals surface area contributed by atoms with E-state index in [1.807, 2.05) is 48.5 Å². The van der Waals surface area contributed by atoms with Crippen LogP contribution in [0.3, 0.4) is 0 Å². The van der Waals surface area contributed by atoms with Crippen molar-refractivity contribution in [2.45, 2.75) is 105 Å². The summed E-state index contributed by atoms with van der Waals surface area (Å²) in [7, 11) is 0. The third kappa shape index (κ3) is 9.79. The Hall–Kier alpha value is -3.26. The van der Waals surface area contributed by atoms with Crippen LogP contribution in [-0.2, 0) is 25.3 Å². The molecular formula is C44H52F2N2S3. The number of aryl methyl sites for hydroxylation is 2. The van der Waals surface area contributed by atoms with Crippen LogP contribution in [0.25, 0.3) is 41.8 Å². The number of unbranched alkanes of at least 4 members (excludes halogenated alkanes) is 2. The summed E-state index contributed by atoms with van der Waals surface area (Å²) in [5.41, 5.74) is 12.6. The molecule has 2 N–H and O–H groups in total. The monoisotopic (exact) mass is 742 g/mol. The SMILES string of the molecule is CCCCC(CC)CCc1ccc(-c2ccc(-c3ccc(-c4ccc(-c5ccc(CCC(CC)CCCC)cc5F)s4)c(N=S)c3N)s2)c(F)c1. The molecule has 0 saturated heterocycles. The largest absolute Gasteiger partial charge is 0.396 e. The molecule has 270 valence electrons. The number of hydrogen-bond donors (Lipinski definition) is 1. The lowest BCUT2D eigenvalue weighted by Gasteiger charge is -2.14. The summed E-state index contributed by atoms with van der Waals surface area (Å²) in [5, 5.41) is 0. The normalized spacial score (nSPS) is 12.7. The van der Waals surface area contributed by atoms with E-state index in [2.05, 4.69) is 44.2 Å². The van der Waals surface area contributed by atoms with Gasteiger partial charge in [-0.15, -0.1) is 22.7 Å². The van der Waals surface area contributed by atoms with Crippen LogP contribution in [0.2, 0.25) is 0 Å². The Morgan fingerprint density at radius 2 is 1.00 bits per heavy atom. The van der Waals surface area contributed by atoms with Gasteiger partial charge in [-0.25, -0.2) is 8.78 Å². The van der Waals surface area contributed by atoms with Crippen LogP contribution in [-0.4, -0.2) is 0 Å². The lowest BCUT2D eigenvalue weighted by molar-refractivity contribution is 0.421. The molecule has 7 heteroatoms. The zero-order valence-corrected chi connectivity index (χ0v) is 33.0. The highest BCUT2D eigenvalue weighted by Gasteiger charge is 2.19. The summed E-state index contributed by atoms with van der Waals surface area (Å²) in [5.74, 6) is 1.000. The Balaban J connectivity index is 1.30. The average molecular weight is 743 g/mol. The molecule has 0 aliphatic carbocycles. The van der Waals surface area contributed by atoms with Gasteiger partial charge >= 0.3 is 0 Å². The predicted octanol–water partition coefficient (Wildman–Crippen LogP) is 15.0. The highest BCUT2D eigenvalue weighted by molar-refractivity contribution is 7.47. The highest BCUT2D eigenvalue weighted by Crippen LogP contribution is 2.47. The van der Waals surface area contributed by atoms with Crippen molar-refractivity contribution in [3.8, 4) is 41.8 Å². The first-order valence-corrected chi connectivity index (χ1v) is 20.8. The van der Waals surface area contributed by atoms with Crippen molar-refractivity contribution < 1.29 is 8.78 Å². The molecule has 2 nitrogen and oxygen atoms in total. The van der Waals surface area contributed by atoms with Gasteiger partial charge in [0.2, 0.25) is 0 Å². The Labute approximate surface area is 317 Å². The van der Waals surface area contributed by atoms with Crippen molar-refractivity contribution in [1.82, 2.24) is 0 Å². The first-order chi connectivity index (χ1) is 24.8. The first kappa shape index (κ1) is 39.0. The third-order valence-corrected chi connectivity index (χ3v) is 12.9. The van der Waals surface area contributed by atoms with Gasteiger partial charge in [0.05, 0.1) is 5.69 Å². The van der Waals surface area contributed by atoms with Gasteiger partial charge in [-0.1, -0.05) is 115 Å². The van der Waals surface area contributed by atoms with E-state index < -0.39 is 0 Å². The molecular weight excluding hydrogens is 691 g/mol. The lowest BCUT2D eigenvalue weighted by Crippen LogP contribution is -2.01. The minimum atomic E-state index is -0.197. The zero-order valence-electron chi connectivity index (χ0n) is 30.6. The molecule has 5 rings (SSSR count). The van der Waals surface area contributed by atoms with Crippen LogP contribution in [0, 0.1) is 23.5 Å². The second-order valence-electron chi connectivity index (χ2n) is 13.9. The van der Waals surface area contributed by atoms with Gasteiger partial charge in [0.25, 0.3) is 0 Å². The van der Waals surface area contributed by atoms with E-state index in [-0.39, 0.29) is 11.6 Å². The molecule has 2 atom stereocenters. The van der Waals surface area contributed by atoms with Crippen molar-refractivity contribution in [2.24, 2.45) is 16.2 Å². The van der Waals surface area contributed by atoms with Crippen LogP contribution < -0.4 is 5.73 Å². The number of rotatable bonds is 19. The molecule has 2 unspecified atom stereocenters. The maximum absolute atomic E-state index is 15.4. The fourth-order valence-electron chi connectivity index (χ4n) is 7.04. The van der Waals surface area contributed by atoms with Crippen LogP contribution in [0.5, 0.6) is 0 Å². The van der Waals surface area contributed by atoms with Gasteiger partial charge in [0.1, 0.15) is 17.3 Å². The van der Waals surface area contributed by atoms with E-state index in [9.17, 15) is 0 Å². The summed E-state index contributed by atoms with van der Waals surface area (Å²) in [6.07, 6.45) is 13.8. The molecule has 2 heterocycles. The van der Waals surface area contributed by atoms with Gasteiger partial charge < -0.3 is 5.73 Å². The van der Waals surface area contributed by atoms with Crippen molar-refractivity contribution in [3.05, 3.63) is 95.6 Å². The lowest BCUT2D eigenvalue weighted by atomic mass is 9.92. The fraction of sp³-hybridized carbons (Fsp3) is 0.409. The van der Waals surface area contributed by atoms with Gasteiger partial charge in [0, 0.05) is 54.2 Å². The number of hydrogen-bond acceptors (Lipinski definition) is 5. The number of anilines is 1. The van der Waals surface area contributed by atoms with Gasteiger partial charge in [-0.3, -0.25) is 0 Å². The number of nitrogens with zero attached hydrogens (tertiary/aromatic N) is 1. The number of nitrogen functional groups attached to an aromatic ring is 1. The van der Waals surface area contributed by atoms with Crippen LogP contribution in [0.4, 0.5) is 20.2 Å². The van der Waals surface area contributed by atoms with Crippen LogP contribution in [0.1, 0.15) is 103 Å². The standard InChI is InChI=1S/C44H52F2N2S3/c1-5-9-11-29(7-3)13-15-31-17-19-33(37(45)27-31)39-23-25-41(50-39)35-21-22-36(44(48-49)43(35)47)42-26-24-40(51-42)34-20-18-32(28-38(34)46)16-14-30(8-4)12-10-6-2/h17-30H,5-16,47H2,1-4H3. The van der Waals surface area contributed by atoms with Gasteiger partial charge in [-0.2, -0.15) is 4.36 Å². The molecule has 51 heavy (non-hydrogen) atoms.